The third kappa shape index (κ3) is 1.31. The van der Waals surface area contributed by atoms with E-state index in [1.807, 2.05) is 0 Å². The van der Waals surface area contributed by atoms with Gasteiger partial charge < -0.3 is 14.3 Å². The van der Waals surface area contributed by atoms with E-state index in [9.17, 15) is 9.90 Å². The van der Waals surface area contributed by atoms with Gasteiger partial charge in [0.05, 0.1) is 12.6 Å². The van der Waals surface area contributed by atoms with E-state index in [0.717, 1.165) is 6.07 Å². The summed E-state index contributed by atoms with van der Waals surface area (Å²) in [6, 6.07) is -0.504. The molecule has 0 aliphatic rings. The lowest BCUT2D eigenvalue weighted by atomic mass is 10.2. The first kappa shape index (κ1) is 5.05. The van der Waals surface area contributed by atoms with Crippen molar-refractivity contribution in [2.45, 2.75) is 0 Å². The zero-order valence-corrected chi connectivity index (χ0v) is 6.96. The monoisotopic (exact) mass is 196 g/mol. The number of rotatable bonds is 1. The van der Waals surface area contributed by atoms with Gasteiger partial charge in [-0.3, -0.25) is 0 Å². The average molecular weight is 196 g/mol. The van der Waals surface area contributed by atoms with Gasteiger partial charge in [-0.15, -0.1) is 0 Å². The fraction of sp³-hybridized carbons (Fsp3) is 0.100. The standard InChI is InChI=1S/C10H8O4/c1-13-9-4-6-2-3-10(12)14-8(6)5-7(9)11/h2-5,11H,1H3/i1D,2D,3D,4D. The molecule has 14 heavy (non-hydrogen) atoms. The van der Waals surface area contributed by atoms with Crippen LogP contribution in [-0.2, 0) is 0 Å². The molecule has 1 aromatic carbocycles. The first-order chi connectivity index (χ1) is 8.47. The summed E-state index contributed by atoms with van der Waals surface area (Å²) in [5.74, 6) is -0.737. The van der Waals surface area contributed by atoms with Crippen LogP contribution >= 0.6 is 0 Å². The molecule has 1 N–H and O–H groups in total. The van der Waals surface area contributed by atoms with Crippen molar-refractivity contribution >= 4 is 11.0 Å². The van der Waals surface area contributed by atoms with E-state index >= 15 is 0 Å². The van der Waals surface area contributed by atoms with Gasteiger partial charge >= 0.3 is 5.63 Å². The summed E-state index contributed by atoms with van der Waals surface area (Å²) >= 11 is 0. The van der Waals surface area contributed by atoms with Crippen LogP contribution in [0.5, 0.6) is 11.5 Å². The topological polar surface area (TPSA) is 59.7 Å². The molecule has 0 unspecified atom stereocenters. The number of hydrogen-bond donors (Lipinski definition) is 1. The van der Waals surface area contributed by atoms with E-state index in [1.165, 1.54) is 0 Å². The van der Waals surface area contributed by atoms with Crippen molar-refractivity contribution in [3.8, 4) is 11.5 Å². The molecule has 2 aromatic rings. The lowest BCUT2D eigenvalue weighted by Crippen LogP contribution is -1.94. The van der Waals surface area contributed by atoms with E-state index in [0.29, 0.717) is 0 Å². The summed E-state index contributed by atoms with van der Waals surface area (Å²) in [6.07, 6.45) is 0. The first-order valence-corrected chi connectivity index (χ1v) is 3.66. The smallest absolute Gasteiger partial charge is 0.336 e. The van der Waals surface area contributed by atoms with E-state index in [4.69, 9.17) is 14.6 Å². The van der Waals surface area contributed by atoms with Crippen LogP contribution in [0.4, 0.5) is 0 Å². The molecular weight excluding hydrogens is 184 g/mol. The Morgan fingerprint density at radius 2 is 2.50 bits per heavy atom. The largest absolute Gasteiger partial charge is 0.504 e. The van der Waals surface area contributed by atoms with Crippen LogP contribution in [0.15, 0.2) is 33.4 Å². The number of ether oxygens (including phenoxy) is 1. The zero-order chi connectivity index (χ0) is 13.4. The van der Waals surface area contributed by atoms with Crippen LogP contribution in [-0.4, -0.2) is 12.2 Å². The van der Waals surface area contributed by atoms with Crippen molar-refractivity contribution in [2.24, 2.45) is 0 Å². The zero-order valence-electron chi connectivity index (χ0n) is 11.0. The van der Waals surface area contributed by atoms with Crippen LogP contribution in [0.1, 0.15) is 5.48 Å². The molecular formula is C10H8O4. The van der Waals surface area contributed by atoms with Gasteiger partial charge in [-0.2, -0.15) is 0 Å². The Morgan fingerprint density at radius 1 is 1.64 bits per heavy atom. The van der Waals surface area contributed by atoms with Crippen molar-refractivity contribution in [1.82, 2.24) is 0 Å². The Labute approximate surface area is 85.0 Å². The van der Waals surface area contributed by atoms with Gasteiger partial charge in [0, 0.05) is 17.5 Å². The average Bonchev–Trinajstić information content (AvgIpc) is 2.31. The normalized spacial score (nSPS) is 14.3. The Balaban J connectivity index is 2.92. The SMILES string of the molecule is [2H]COc1c(O)cc2oc(=O)c([2H])c([2H])c2c1[2H]. The highest BCUT2D eigenvalue weighted by atomic mass is 16.5. The maximum Gasteiger partial charge on any atom is 0.336 e. The molecule has 0 atom stereocenters. The van der Waals surface area contributed by atoms with E-state index < -0.39 is 30.5 Å². The van der Waals surface area contributed by atoms with Gasteiger partial charge in [0.2, 0.25) is 0 Å². The molecule has 0 saturated heterocycles. The molecule has 0 radical (unpaired) electrons. The summed E-state index contributed by atoms with van der Waals surface area (Å²) in [5, 5.41) is 9.46. The summed E-state index contributed by atoms with van der Waals surface area (Å²) < 4.78 is 39.1. The molecule has 0 aliphatic heterocycles. The lowest BCUT2D eigenvalue weighted by molar-refractivity contribution is 0.373. The van der Waals surface area contributed by atoms with Gasteiger partial charge in [-0.1, -0.05) is 0 Å². The molecule has 0 amide bonds. The highest BCUT2D eigenvalue weighted by Crippen LogP contribution is 2.30. The Kier molecular flexibility index (Phi) is 1.10. The maximum atomic E-state index is 11.2. The van der Waals surface area contributed by atoms with Gasteiger partial charge in [0.1, 0.15) is 5.58 Å². The number of phenolic OH excluding ortho intramolecular Hbond substituents is 1. The summed E-state index contributed by atoms with van der Waals surface area (Å²) in [7, 11) is -0.511. The molecule has 1 heterocycles. The highest BCUT2D eigenvalue weighted by Gasteiger charge is 2.05. The van der Waals surface area contributed by atoms with Gasteiger partial charge in [0.15, 0.2) is 11.5 Å². The first-order valence-electron chi connectivity index (χ1n) is 5.86. The molecule has 4 heteroatoms. The second-order valence-corrected chi connectivity index (χ2v) is 2.51. The molecule has 0 spiro atoms. The molecule has 0 saturated carbocycles. The van der Waals surface area contributed by atoms with Crippen LogP contribution in [0.25, 0.3) is 11.0 Å². The minimum atomic E-state index is -1.01. The van der Waals surface area contributed by atoms with Crippen LogP contribution in [0, 0.1) is 0 Å². The van der Waals surface area contributed by atoms with Gasteiger partial charge in [-0.25, -0.2) is 4.79 Å². The molecule has 0 bridgehead atoms. The molecule has 4 nitrogen and oxygen atoms in total. The number of hydrogen-bond acceptors (Lipinski definition) is 4. The summed E-state index contributed by atoms with van der Waals surface area (Å²) in [5.41, 5.74) is -1.18. The summed E-state index contributed by atoms with van der Waals surface area (Å²) in [6.45, 7) is 0. The predicted molar refractivity (Wildman–Crippen MR) is 50.7 cm³/mol. The van der Waals surface area contributed by atoms with Crippen molar-refractivity contribution < 1.29 is 19.7 Å². The number of fused-ring (bicyclic) bond motifs is 1. The van der Waals surface area contributed by atoms with Gasteiger partial charge in [0.25, 0.3) is 0 Å². The van der Waals surface area contributed by atoms with Crippen molar-refractivity contribution in [3.63, 3.8) is 0 Å². The molecule has 1 aromatic heterocycles. The minimum absolute atomic E-state index is 0.110. The minimum Gasteiger partial charge on any atom is -0.504 e. The van der Waals surface area contributed by atoms with Crippen LogP contribution < -0.4 is 10.4 Å². The van der Waals surface area contributed by atoms with E-state index in [-0.39, 0.29) is 22.8 Å². The number of aromatic hydroxyl groups is 1. The third-order valence-corrected chi connectivity index (χ3v) is 1.62. The third-order valence-electron chi connectivity index (χ3n) is 1.62. The van der Waals surface area contributed by atoms with Crippen molar-refractivity contribution in [1.29, 1.82) is 0 Å². The van der Waals surface area contributed by atoms with Crippen LogP contribution in [0.2, 0.25) is 0 Å². The van der Waals surface area contributed by atoms with E-state index in [1.54, 1.807) is 0 Å². The molecule has 72 valence electrons. The molecule has 2 rings (SSSR count). The van der Waals surface area contributed by atoms with E-state index in [2.05, 4.69) is 0 Å². The molecule has 0 fully saturated rings. The predicted octanol–water partition coefficient (Wildman–Crippen LogP) is 1.51. The highest BCUT2D eigenvalue weighted by molar-refractivity contribution is 5.80. The van der Waals surface area contributed by atoms with Gasteiger partial charge in [-0.05, 0) is 12.1 Å². The lowest BCUT2D eigenvalue weighted by Gasteiger charge is -2.03. The van der Waals surface area contributed by atoms with Crippen molar-refractivity contribution in [3.05, 3.63) is 34.6 Å². The quantitative estimate of drug-likeness (QED) is 0.702. The fourth-order valence-electron chi connectivity index (χ4n) is 1.02. The Bertz CT molecular complexity index is 680. The fourth-order valence-corrected chi connectivity index (χ4v) is 1.02. The van der Waals surface area contributed by atoms with Crippen molar-refractivity contribution in [2.75, 3.05) is 7.09 Å². The summed E-state index contributed by atoms with van der Waals surface area (Å²) in [4.78, 5) is 11.2. The second kappa shape index (κ2) is 3.06. The second-order valence-electron chi connectivity index (χ2n) is 2.51. The molecule has 0 aliphatic carbocycles. The Morgan fingerprint density at radius 3 is 3.29 bits per heavy atom. The number of methoxy groups -OCH3 is 1. The number of benzene rings is 1. The van der Waals surface area contributed by atoms with Crippen LogP contribution in [0.3, 0.4) is 0 Å². The maximum absolute atomic E-state index is 11.2. The number of phenols is 1. The Hall–Kier alpha value is -1.97.